The number of likely N-dealkylation sites (tertiary alicyclic amines) is 2. The molecule has 2 saturated heterocycles. The number of aliphatic carboxylic acids is 1. The molecule has 4 aliphatic rings. The first-order chi connectivity index (χ1) is 35.5. The number of halogens is 3. The van der Waals surface area contributed by atoms with E-state index in [1.54, 1.807) is 29.5 Å². The van der Waals surface area contributed by atoms with Crippen LogP contribution in [0.3, 0.4) is 0 Å². The lowest BCUT2D eigenvalue weighted by molar-refractivity contribution is -0.192. The van der Waals surface area contributed by atoms with Crippen LogP contribution in [0.1, 0.15) is 109 Å². The van der Waals surface area contributed by atoms with Gasteiger partial charge < -0.3 is 41.5 Å². The Balaban J connectivity index is 0.000000997. The Morgan fingerprint density at radius 1 is 0.907 bits per heavy atom. The first kappa shape index (κ1) is 54.8. The number of nitrogen functional groups attached to an aromatic ring is 1. The molecule has 0 bridgehead atoms. The number of carbonyl (C=O) groups excluding carboxylic acids is 3. The van der Waals surface area contributed by atoms with Gasteiger partial charge in [-0.3, -0.25) is 19.1 Å². The van der Waals surface area contributed by atoms with Gasteiger partial charge in [0.15, 0.2) is 5.82 Å². The second-order valence-corrected chi connectivity index (χ2v) is 22.9. The number of phenols is 1. The molecule has 2 aliphatic carbocycles. The smallest absolute Gasteiger partial charge is 0.490 e. The molecule has 5 heterocycles. The summed E-state index contributed by atoms with van der Waals surface area (Å²) in [5.41, 5.74) is 13.6. The third kappa shape index (κ3) is 12.8. The van der Waals surface area contributed by atoms with Crippen LogP contribution in [-0.2, 0) is 19.2 Å². The van der Waals surface area contributed by atoms with Crippen LogP contribution in [0.15, 0.2) is 72.5 Å². The Bertz CT molecular complexity index is 2830. The number of carboxylic acid groups (broad SMARTS) is 1. The summed E-state index contributed by atoms with van der Waals surface area (Å²) in [6, 6.07) is 15.3. The number of aliphatic hydroxyl groups is 1. The number of para-hydroxylation sites is 1. The van der Waals surface area contributed by atoms with Crippen LogP contribution in [0, 0.1) is 29.6 Å². The maximum atomic E-state index is 14.4. The standard InChI is InChI=1S/C52H66N10O5S.C2HF3O2/c1-31(34-14-16-35(17-15-34)45-32(2)54-30-68-45)56-49(66)43-22-39(63)27-61(43)50(67)46(51(3,4)5)57-48(65)36-12-10-33(11-13-36)25-60-28-52(29-60)20-18-38(19-21-52)62-26-37(24-55-62)41-23-42(58-59-47(41)53)40-8-6-7-9-44(40)64;3-2(4,5)1(6)7/h6-9,14-17,23-24,26,30-31,33,36,38-39,43,46,63-64H,10-13,18-22,25,27-29H2,1-5H3,(H2,53,59)(H,56,66)(H,57,65);(H,6,7)/t31-,33?,36?,39+,43-,46+;/m0./s1. The largest absolute Gasteiger partial charge is 0.507 e. The van der Waals surface area contributed by atoms with E-state index >= 15 is 0 Å². The van der Waals surface area contributed by atoms with E-state index in [0.29, 0.717) is 34.4 Å². The molecule has 2 aromatic carbocycles. The molecule has 1 spiro atoms. The fourth-order valence-electron chi connectivity index (χ4n) is 11.2. The highest BCUT2D eigenvalue weighted by molar-refractivity contribution is 7.13. The van der Waals surface area contributed by atoms with Crippen LogP contribution >= 0.6 is 11.3 Å². The average molecular weight is 1060 g/mol. The number of amides is 3. The molecule has 21 heteroatoms. The number of aliphatic hydroxyl groups excluding tert-OH is 1. The lowest BCUT2D eigenvalue weighted by Gasteiger charge is -2.54. The minimum absolute atomic E-state index is 0.0384. The number of alkyl halides is 3. The number of carboxylic acids is 1. The van der Waals surface area contributed by atoms with Crippen LogP contribution in [0.5, 0.6) is 5.75 Å². The molecule has 5 aromatic rings. The van der Waals surface area contributed by atoms with Gasteiger partial charge in [0.25, 0.3) is 0 Å². The van der Waals surface area contributed by atoms with E-state index in [1.165, 1.54) is 4.90 Å². The fraction of sp³-hybridized carbons (Fsp3) is 0.519. The molecule has 2 aliphatic heterocycles. The molecular weight excluding hydrogens is 990 g/mol. The van der Waals surface area contributed by atoms with Crippen LogP contribution < -0.4 is 16.4 Å². The summed E-state index contributed by atoms with van der Waals surface area (Å²) in [6.45, 7) is 13.0. The quantitative estimate of drug-likeness (QED) is 0.0696. The summed E-state index contributed by atoms with van der Waals surface area (Å²) in [5.74, 6) is -2.70. The number of hydrogen-bond acceptors (Lipinski definition) is 13. The van der Waals surface area contributed by atoms with Gasteiger partial charge in [-0.25, -0.2) is 9.78 Å². The van der Waals surface area contributed by atoms with E-state index in [0.717, 1.165) is 104 Å². The van der Waals surface area contributed by atoms with Crippen molar-refractivity contribution in [2.75, 3.05) is 31.9 Å². The Morgan fingerprint density at radius 2 is 1.57 bits per heavy atom. The zero-order valence-electron chi connectivity index (χ0n) is 42.9. The lowest BCUT2D eigenvalue weighted by atomic mass is 9.67. The highest BCUT2D eigenvalue weighted by atomic mass is 32.1. The van der Waals surface area contributed by atoms with Crippen molar-refractivity contribution in [3.8, 4) is 38.6 Å². The fourth-order valence-corrected chi connectivity index (χ4v) is 12.0. The van der Waals surface area contributed by atoms with Gasteiger partial charge in [0.2, 0.25) is 17.7 Å². The molecule has 0 radical (unpaired) electrons. The number of rotatable bonds is 12. The summed E-state index contributed by atoms with van der Waals surface area (Å²) in [4.78, 5) is 60.5. The third-order valence-electron chi connectivity index (χ3n) is 15.4. The molecule has 75 heavy (non-hydrogen) atoms. The normalized spacial score (nSPS) is 21.9. The first-order valence-corrected chi connectivity index (χ1v) is 26.4. The number of carbonyl (C=O) groups is 4. The van der Waals surface area contributed by atoms with Gasteiger partial charge in [0.1, 0.15) is 17.8 Å². The minimum Gasteiger partial charge on any atom is -0.507 e. The van der Waals surface area contributed by atoms with Crippen molar-refractivity contribution in [1.29, 1.82) is 0 Å². The molecule has 4 atom stereocenters. The number of aryl methyl sites for hydroxylation is 1. The van der Waals surface area contributed by atoms with Crippen molar-refractivity contribution in [3.63, 3.8) is 0 Å². The number of nitrogens with two attached hydrogens (primary N) is 1. The number of thiazole rings is 1. The molecule has 7 N–H and O–H groups in total. The number of nitrogens with zero attached hydrogens (tertiary/aromatic N) is 7. The van der Waals surface area contributed by atoms with E-state index in [-0.39, 0.29) is 48.4 Å². The maximum absolute atomic E-state index is 14.4. The summed E-state index contributed by atoms with van der Waals surface area (Å²) < 4.78 is 33.8. The van der Waals surface area contributed by atoms with Crippen molar-refractivity contribution in [2.45, 2.75) is 129 Å². The number of nitrogens with one attached hydrogen (secondary N) is 2. The van der Waals surface area contributed by atoms with E-state index < -0.39 is 35.7 Å². The number of anilines is 1. The van der Waals surface area contributed by atoms with Gasteiger partial charge in [-0.15, -0.1) is 21.5 Å². The van der Waals surface area contributed by atoms with Crippen molar-refractivity contribution >= 4 is 40.8 Å². The van der Waals surface area contributed by atoms with Crippen molar-refractivity contribution in [2.24, 2.45) is 22.7 Å². The SMILES string of the molecule is Cc1ncsc1-c1ccc([C@H](C)NC(=O)[C@@H]2C[C@@H](O)CN2C(=O)[C@@H](NC(=O)C2CCC(CN3CC4(CCC(n5cc(-c6cc(-c7ccccc7O)nnc6N)cn5)CC4)C3)CC2)C(C)(C)C)cc1.O=C(O)C(F)(F)F. The van der Waals surface area contributed by atoms with E-state index in [1.807, 2.05) is 82.7 Å². The zero-order chi connectivity index (χ0) is 54.0. The molecule has 9 rings (SSSR count). The van der Waals surface area contributed by atoms with Crippen LogP contribution in [0.4, 0.5) is 19.0 Å². The van der Waals surface area contributed by atoms with Gasteiger partial charge in [-0.2, -0.15) is 18.3 Å². The second-order valence-electron chi connectivity index (χ2n) is 22.0. The van der Waals surface area contributed by atoms with Crippen molar-refractivity contribution in [1.82, 2.24) is 45.4 Å². The third-order valence-corrected chi connectivity index (χ3v) is 16.4. The Kier molecular flexibility index (Phi) is 16.4. The van der Waals surface area contributed by atoms with E-state index in [4.69, 9.17) is 20.7 Å². The number of benzene rings is 2. The summed E-state index contributed by atoms with van der Waals surface area (Å²) in [7, 11) is 0. The predicted octanol–water partition coefficient (Wildman–Crippen LogP) is 7.95. The second kappa shape index (κ2) is 22.4. The van der Waals surface area contributed by atoms with Crippen molar-refractivity contribution in [3.05, 3.63) is 83.8 Å². The molecule has 3 aromatic heterocycles. The molecule has 4 fully saturated rings. The molecule has 2 saturated carbocycles. The Hall–Kier alpha value is -6.45. The number of β-amino-alcohol motifs (C(OH)–C–C–N with tert-alkyl or cyclic N) is 1. The predicted molar refractivity (Wildman–Crippen MR) is 277 cm³/mol. The monoisotopic (exact) mass is 1060 g/mol. The summed E-state index contributed by atoms with van der Waals surface area (Å²) in [5, 5.41) is 47.6. The van der Waals surface area contributed by atoms with Crippen molar-refractivity contribution < 1.29 is 47.7 Å². The van der Waals surface area contributed by atoms with E-state index in [9.17, 15) is 37.8 Å². The highest BCUT2D eigenvalue weighted by Gasteiger charge is 2.48. The molecule has 3 amide bonds. The van der Waals surface area contributed by atoms with Crippen LogP contribution in [0.25, 0.3) is 32.8 Å². The summed E-state index contributed by atoms with van der Waals surface area (Å²) in [6.07, 6.45) is 6.06. The van der Waals surface area contributed by atoms with Gasteiger partial charge >= 0.3 is 12.1 Å². The first-order valence-electron chi connectivity index (χ1n) is 25.6. The topological polar surface area (TPSA) is 242 Å². The van der Waals surface area contributed by atoms with Gasteiger partial charge in [0.05, 0.1) is 46.2 Å². The number of aromatic hydroxyl groups is 1. The van der Waals surface area contributed by atoms with Gasteiger partial charge in [-0.05, 0) is 111 Å². The highest BCUT2D eigenvalue weighted by Crippen LogP contribution is 2.48. The number of phenolic OH excluding ortho intramolecular Hbond substituents is 1. The molecular formula is C54H67F3N10O7S. The van der Waals surface area contributed by atoms with Gasteiger partial charge in [-0.1, -0.05) is 57.2 Å². The lowest BCUT2D eigenvalue weighted by Crippen LogP contribution is -2.59. The summed E-state index contributed by atoms with van der Waals surface area (Å²) >= 11 is 1.59. The average Bonchev–Trinajstić information content (AvgIpc) is 4.13. The molecule has 402 valence electrons. The van der Waals surface area contributed by atoms with Crippen LogP contribution in [-0.4, -0.2) is 124 Å². The minimum atomic E-state index is -5.08. The Morgan fingerprint density at radius 3 is 2.19 bits per heavy atom. The van der Waals surface area contributed by atoms with Crippen LogP contribution in [0.2, 0.25) is 0 Å². The maximum Gasteiger partial charge on any atom is 0.490 e. The Labute approximate surface area is 438 Å². The van der Waals surface area contributed by atoms with Gasteiger partial charge in [0, 0.05) is 61.4 Å². The zero-order valence-corrected chi connectivity index (χ0v) is 43.7. The van der Waals surface area contributed by atoms with E-state index in [2.05, 4.69) is 41.6 Å². The number of hydrogen-bond donors (Lipinski definition) is 6. The molecule has 0 unspecified atom stereocenters. The molecule has 17 nitrogen and oxygen atoms in total. The number of aromatic nitrogens is 5.